The van der Waals surface area contributed by atoms with Crippen LogP contribution < -0.4 is 0 Å². The summed E-state index contributed by atoms with van der Waals surface area (Å²) in [5.74, 6) is 0. The van der Waals surface area contributed by atoms with Gasteiger partial charge >= 0.3 is 0 Å². The monoisotopic (exact) mass is 431 g/mol. The first-order valence-corrected chi connectivity index (χ1v) is 11.6. The van der Waals surface area contributed by atoms with E-state index in [0.29, 0.717) is 0 Å². The van der Waals surface area contributed by atoms with Gasteiger partial charge in [0.1, 0.15) is 0 Å². The Morgan fingerprint density at radius 3 is 2.10 bits per heavy atom. The van der Waals surface area contributed by atoms with Crippen LogP contribution >= 0.6 is 12.2 Å². The van der Waals surface area contributed by atoms with E-state index < -0.39 is 0 Å². The normalized spacial score (nSPS) is 11.1. The topological polar surface area (TPSA) is 12.5 Å². The molecule has 0 saturated carbocycles. The highest BCUT2D eigenvalue weighted by Crippen LogP contribution is 2.29. The highest BCUT2D eigenvalue weighted by atomic mass is 32.2. The average Bonchev–Trinajstić information content (AvgIpc) is 2.79. The second-order valence-electron chi connectivity index (χ2n) is 7.95. The number of rotatable bonds is 11. The van der Waals surface area contributed by atoms with E-state index in [9.17, 15) is 0 Å². The first-order valence-electron chi connectivity index (χ1n) is 10.9. The molecule has 0 radical (unpaired) electrons. The van der Waals surface area contributed by atoms with Gasteiger partial charge in [0.05, 0.1) is 19.3 Å². The van der Waals surface area contributed by atoms with Gasteiger partial charge in [-0.05, 0) is 78.6 Å². The zero-order valence-electron chi connectivity index (χ0n) is 18.9. The molecule has 0 fully saturated rings. The van der Waals surface area contributed by atoms with E-state index >= 15 is 0 Å². The van der Waals surface area contributed by atoms with Gasteiger partial charge in [0.2, 0.25) is 0 Å². The smallest absolute Gasteiger partial charge is 0.0813 e. The fourth-order valence-electron chi connectivity index (χ4n) is 3.82. The molecule has 3 aromatic carbocycles. The number of hydrogen-bond donors (Lipinski definition) is 0. The van der Waals surface area contributed by atoms with E-state index in [4.69, 9.17) is 4.18 Å². The van der Waals surface area contributed by atoms with Gasteiger partial charge in [-0.1, -0.05) is 72.8 Å². The Labute approximate surface area is 192 Å². The minimum absolute atomic E-state index is 1.01. The van der Waals surface area contributed by atoms with Crippen LogP contribution in [0.4, 0.5) is 0 Å². The summed E-state index contributed by atoms with van der Waals surface area (Å²) in [7, 11) is 3.76. The number of aryl methyl sites for hydroxylation is 3. The fraction of sp³-hybridized carbons (Fsp3) is 0.286. The lowest BCUT2D eigenvalue weighted by Gasteiger charge is -2.13. The molecule has 0 amide bonds. The summed E-state index contributed by atoms with van der Waals surface area (Å²) >= 11 is 1.40. The molecule has 0 aliphatic carbocycles. The van der Waals surface area contributed by atoms with E-state index in [1.807, 2.05) is 6.08 Å². The van der Waals surface area contributed by atoms with Crippen LogP contribution in [0.1, 0.15) is 29.5 Å². The van der Waals surface area contributed by atoms with E-state index in [0.717, 1.165) is 32.2 Å². The molecule has 0 unspecified atom stereocenters. The summed E-state index contributed by atoms with van der Waals surface area (Å²) in [6.45, 7) is 7.02. The molecule has 3 aromatic rings. The van der Waals surface area contributed by atoms with Gasteiger partial charge in [-0.25, -0.2) is 4.31 Å². The first kappa shape index (κ1) is 23.3. The van der Waals surface area contributed by atoms with Gasteiger partial charge in [0.25, 0.3) is 0 Å². The van der Waals surface area contributed by atoms with Gasteiger partial charge in [-0.3, -0.25) is 0 Å². The van der Waals surface area contributed by atoms with Crippen molar-refractivity contribution < 1.29 is 4.18 Å². The average molecular weight is 432 g/mol. The van der Waals surface area contributed by atoms with Crippen molar-refractivity contribution in [1.82, 2.24) is 4.31 Å². The molecule has 3 heteroatoms. The van der Waals surface area contributed by atoms with Crippen LogP contribution in [0.2, 0.25) is 0 Å². The number of allylic oxidation sites excluding steroid dienone is 1. The Balaban J connectivity index is 1.65. The molecule has 2 nitrogen and oxygen atoms in total. The Morgan fingerprint density at radius 1 is 0.871 bits per heavy atom. The van der Waals surface area contributed by atoms with E-state index in [-0.39, 0.29) is 0 Å². The molecule has 0 heterocycles. The standard InChI is InChI=1S/C28H33NOS/c1-5-6-8-23-10-14-25(15-11-23)27-18-19-28(22(2)21-27)26-16-12-24(13-17-26)9-7-20-29(3)31-30-4/h5,10-19,21H,1,6-9,20H2,2-4H3. The first-order chi connectivity index (χ1) is 15.1. The SMILES string of the molecule is C=CCCc1ccc(-c2ccc(-c3ccc(CCCN(C)SOC)cc3)c(C)c2)cc1. The number of benzene rings is 3. The third-order valence-corrected chi connectivity index (χ3v) is 6.14. The summed E-state index contributed by atoms with van der Waals surface area (Å²) in [5, 5.41) is 0. The maximum Gasteiger partial charge on any atom is 0.0813 e. The Hall–Kier alpha value is -2.33. The van der Waals surface area contributed by atoms with Crippen LogP contribution in [0.15, 0.2) is 79.4 Å². The van der Waals surface area contributed by atoms with Gasteiger partial charge in [0.15, 0.2) is 0 Å². The van der Waals surface area contributed by atoms with Crippen molar-refractivity contribution in [2.75, 3.05) is 20.7 Å². The summed E-state index contributed by atoms with van der Waals surface area (Å²) in [4.78, 5) is 0. The molecule has 3 rings (SSSR count). The Kier molecular flexibility index (Phi) is 8.96. The molecule has 0 N–H and O–H groups in total. The van der Waals surface area contributed by atoms with Crippen molar-refractivity contribution in [2.45, 2.75) is 32.6 Å². The van der Waals surface area contributed by atoms with Crippen molar-refractivity contribution in [3.63, 3.8) is 0 Å². The molecule has 0 spiro atoms. The summed E-state index contributed by atoms with van der Waals surface area (Å²) < 4.78 is 7.20. The van der Waals surface area contributed by atoms with Gasteiger partial charge in [0, 0.05) is 6.54 Å². The molecule has 0 bridgehead atoms. The molecule has 0 aliphatic rings. The molecule has 162 valence electrons. The quantitative estimate of drug-likeness (QED) is 0.177. The van der Waals surface area contributed by atoms with Crippen molar-refractivity contribution in [3.05, 3.63) is 96.1 Å². The van der Waals surface area contributed by atoms with Gasteiger partial charge in [-0.15, -0.1) is 6.58 Å². The maximum atomic E-state index is 5.08. The molecule has 0 atom stereocenters. The van der Waals surface area contributed by atoms with Crippen molar-refractivity contribution in [2.24, 2.45) is 0 Å². The highest BCUT2D eigenvalue weighted by molar-refractivity contribution is 7.92. The summed E-state index contributed by atoms with van der Waals surface area (Å²) in [6, 6.07) is 24.7. The third kappa shape index (κ3) is 6.83. The van der Waals surface area contributed by atoms with E-state index in [2.05, 4.69) is 91.6 Å². The Bertz CT molecular complexity index is 963. The minimum atomic E-state index is 1.01. The lowest BCUT2D eigenvalue weighted by molar-refractivity contribution is 0.431. The van der Waals surface area contributed by atoms with Crippen LogP contribution in [0, 0.1) is 6.92 Å². The van der Waals surface area contributed by atoms with Crippen molar-refractivity contribution in [3.8, 4) is 22.3 Å². The summed E-state index contributed by atoms with van der Waals surface area (Å²) in [6.07, 6.45) is 6.25. The van der Waals surface area contributed by atoms with Crippen LogP contribution in [-0.2, 0) is 17.0 Å². The molecule has 0 saturated heterocycles. The lowest BCUT2D eigenvalue weighted by Crippen LogP contribution is -2.11. The largest absolute Gasteiger partial charge is 0.304 e. The van der Waals surface area contributed by atoms with Crippen molar-refractivity contribution in [1.29, 1.82) is 0 Å². The molecule has 31 heavy (non-hydrogen) atoms. The lowest BCUT2D eigenvalue weighted by atomic mass is 9.94. The van der Waals surface area contributed by atoms with Crippen LogP contribution in [0.3, 0.4) is 0 Å². The second-order valence-corrected chi connectivity index (χ2v) is 9.05. The van der Waals surface area contributed by atoms with Gasteiger partial charge in [-0.2, -0.15) is 0 Å². The van der Waals surface area contributed by atoms with Crippen LogP contribution in [-0.4, -0.2) is 25.0 Å². The molecule has 0 aliphatic heterocycles. The summed E-state index contributed by atoms with van der Waals surface area (Å²) in [5.41, 5.74) is 9.16. The van der Waals surface area contributed by atoms with Gasteiger partial charge < -0.3 is 4.18 Å². The van der Waals surface area contributed by atoms with Crippen LogP contribution in [0.25, 0.3) is 22.3 Å². The predicted molar refractivity (Wildman–Crippen MR) is 136 cm³/mol. The Morgan fingerprint density at radius 2 is 1.48 bits per heavy atom. The number of hydrogen-bond acceptors (Lipinski definition) is 3. The zero-order valence-corrected chi connectivity index (χ0v) is 19.8. The minimum Gasteiger partial charge on any atom is -0.304 e. The van der Waals surface area contributed by atoms with Crippen LogP contribution in [0.5, 0.6) is 0 Å². The molecule has 0 aromatic heterocycles. The number of nitrogens with zero attached hydrogens (tertiary/aromatic N) is 1. The highest BCUT2D eigenvalue weighted by Gasteiger charge is 2.06. The van der Waals surface area contributed by atoms with E-state index in [1.54, 1.807) is 7.11 Å². The van der Waals surface area contributed by atoms with Crippen molar-refractivity contribution >= 4 is 12.2 Å². The fourth-order valence-corrected chi connectivity index (χ4v) is 4.28. The third-order valence-electron chi connectivity index (χ3n) is 5.56. The molecular weight excluding hydrogens is 398 g/mol. The maximum absolute atomic E-state index is 5.08. The van der Waals surface area contributed by atoms with E-state index in [1.165, 1.54) is 51.2 Å². The zero-order chi connectivity index (χ0) is 22.1. The second kappa shape index (κ2) is 11.9. The predicted octanol–water partition coefficient (Wildman–Crippen LogP) is 7.52. The molecular formula is C28H33NOS.